The van der Waals surface area contributed by atoms with E-state index in [9.17, 15) is 5.11 Å². The fourth-order valence-electron chi connectivity index (χ4n) is 3.49. The molecule has 1 aromatic heterocycles. The highest BCUT2D eigenvalue weighted by atomic mass is 16.3. The predicted molar refractivity (Wildman–Crippen MR) is 95.9 cm³/mol. The first kappa shape index (κ1) is 16.9. The van der Waals surface area contributed by atoms with Gasteiger partial charge in [0.1, 0.15) is 0 Å². The van der Waals surface area contributed by atoms with Gasteiger partial charge in [-0.3, -0.25) is 4.90 Å². The summed E-state index contributed by atoms with van der Waals surface area (Å²) in [5, 5.41) is 19.1. The monoisotopic (exact) mass is 326 g/mol. The molecule has 1 saturated heterocycles. The third-order valence-corrected chi connectivity index (χ3v) is 4.86. The Hall–Kier alpha value is -1.98. The number of nitrogens with zero attached hydrogens (tertiary/aromatic N) is 4. The Balaban J connectivity index is 1.65. The fraction of sp³-hybridized carbons (Fsp3) is 0.474. The van der Waals surface area contributed by atoms with Crippen molar-refractivity contribution in [1.82, 2.24) is 15.1 Å². The van der Waals surface area contributed by atoms with E-state index in [4.69, 9.17) is 0 Å². The maximum atomic E-state index is 10.9. The summed E-state index contributed by atoms with van der Waals surface area (Å²) < 4.78 is 0. The van der Waals surface area contributed by atoms with Crippen LogP contribution in [-0.2, 0) is 5.60 Å². The Labute approximate surface area is 143 Å². The van der Waals surface area contributed by atoms with E-state index in [1.807, 2.05) is 49.4 Å². The highest BCUT2D eigenvalue weighted by Gasteiger charge is 2.30. The SMILES string of the molecule is CN(CC(C)(O)c1ccccc1)C1CCCN(c2cccnn2)C1. The van der Waals surface area contributed by atoms with Crippen LogP contribution in [0.3, 0.4) is 0 Å². The number of hydrogen-bond acceptors (Lipinski definition) is 5. The number of piperidine rings is 1. The maximum absolute atomic E-state index is 10.9. The lowest BCUT2D eigenvalue weighted by molar-refractivity contribution is 0.00955. The molecule has 1 aliphatic heterocycles. The van der Waals surface area contributed by atoms with Crippen LogP contribution in [-0.4, -0.2) is 52.9 Å². The Bertz CT molecular complexity index is 632. The number of benzene rings is 1. The number of rotatable bonds is 5. The highest BCUT2D eigenvalue weighted by Crippen LogP contribution is 2.25. The Morgan fingerprint density at radius 3 is 2.75 bits per heavy atom. The van der Waals surface area contributed by atoms with Crippen molar-refractivity contribution in [2.45, 2.75) is 31.4 Å². The summed E-state index contributed by atoms with van der Waals surface area (Å²) in [7, 11) is 2.10. The minimum absolute atomic E-state index is 0.399. The first-order chi connectivity index (χ1) is 11.6. The van der Waals surface area contributed by atoms with E-state index in [-0.39, 0.29) is 0 Å². The van der Waals surface area contributed by atoms with E-state index in [0.717, 1.165) is 37.3 Å². The smallest absolute Gasteiger partial charge is 0.151 e. The van der Waals surface area contributed by atoms with Crippen LogP contribution in [0.5, 0.6) is 0 Å². The van der Waals surface area contributed by atoms with Gasteiger partial charge in [-0.1, -0.05) is 30.3 Å². The number of aliphatic hydroxyl groups is 1. The second-order valence-electron chi connectivity index (χ2n) is 6.88. The van der Waals surface area contributed by atoms with Crippen LogP contribution in [0.4, 0.5) is 5.82 Å². The van der Waals surface area contributed by atoms with Crippen molar-refractivity contribution in [3.05, 3.63) is 54.2 Å². The first-order valence-corrected chi connectivity index (χ1v) is 8.57. The molecule has 0 radical (unpaired) electrons. The molecule has 2 unspecified atom stereocenters. The van der Waals surface area contributed by atoms with E-state index < -0.39 is 5.60 Å². The molecule has 2 aromatic rings. The Morgan fingerprint density at radius 2 is 2.04 bits per heavy atom. The van der Waals surface area contributed by atoms with E-state index in [1.54, 1.807) is 6.20 Å². The molecular weight excluding hydrogens is 300 g/mol. The van der Waals surface area contributed by atoms with Crippen LogP contribution in [0.1, 0.15) is 25.3 Å². The summed E-state index contributed by atoms with van der Waals surface area (Å²) in [4.78, 5) is 4.56. The van der Waals surface area contributed by atoms with Gasteiger partial charge in [0.2, 0.25) is 0 Å². The number of hydrogen-bond donors (Lipinski definition) is 1. The van der Waals surface area contributed by atoms with Crippen molar-refractivity contribution in [2.75, 3.05) is 31.6 Å². The lowest BCUT2D eigenvalue weighted by Gasteiger charge is -2.40. The molecule has 0 aliphatic carbocycles. The normalized spacial score (nSPS) is 20.8. The molecule has 1 aliphatic rings. The topological polar surface area (TPSA) is 52.5 Å². The van der Waals surface area contributed by atoms with Crippen LogP contribution < -0.4 is 4.90 Å². The Kier molecular flexibility index (Phi) is 5.11. The average molecular weight is 326 g/mol. The van der Waals surface area contributed by atoms with Gasteiger partial charge in [-0.25, -0.2) is 0 Å². The van der Waals surface area contributed by atoms with Gasteiger partial charge in [0.25, 0.3) is 0 Å². The van der Waals surface area contributed by atoms with Crippen molar-refractivity contribution < 1.29 is 5.11 Å². The van der Waals surface area contributed by atoms with Gasteiger partial charge in [0, 0.05) is 31.9 Å². The van der Waals surface area contributed by atoms with E-state index in [2.05, 4.69) is 27.0 Å². The molecule has 5 heteroatoms. The van der Waals surface area contributed by atoms with Crippen LogP contribution in [0, 0.1) is 0 Å². The summed E-state index contributed by atoms with van der Waals surface area (Å²) in [5.41, 5.74) is 0.101. The molecule has 0 saturated carbocycles. The average Bonchev–Trinajstić information content (AvgIpc) is 2.63. The number of aromatic nitrogens is 2. The van der Waals surface area contributed by atoms with Crippen molar-refractivity contribution in [3.63, 3.8) is 0 Å². The van der Waals surface area contributed by atoms with Crippen LogP contribution >= 0.6 is 0 Å². The van der Waals surface area contributed by atoms with Crippen LogP contribution in [0.15, 0.2) is 48.7 Å². The minimum Gasteiger partial charge on any atom is -0.384 e. The molecule has 3 rings (SSSR count). The molecular formula is C19H26N4O. The van der Waals surface area contributed by atoms with Gasteiger partial charge < -0.3 is 10.0 Å². The van der Waals surface area contributed by atoms with Gasteiger partial charge in [-0.05, 0) is 44.5 Å². The fourth-order valence-corrected chi connectivity index (χ4v) is 3.49. The largest absolute Gasteiger partial charge is 0.384 e. The van der Waals surface area contributed by atoms with Crippen LogP contribution in [0.25, 0.3) is 0 Å². The quantitative estimate of drug-likeness (QED) is 0.913. The third-order valence-electron chi connectivity index (χ3n) is 4.86. The van der Waals surface area contributed by atoms with Gasteiger partial charge in [-0.15, -0.1) is 5.10 Å². The predicted octanol–water partition coefficient (Wildman–Crippen LogP) is 2.28. The zero-order valence-electron chi connectivity index (χ0n) is 14.5. The summed E-state index contributed by atoms with van der Waals surface area (Å²) in [5.74, 6) is 0.936. The molecule has 1 N–H and O–H groups in total. The molecule has 0 bridgehead atoms. The van der Waals surface area contributed by atoms with Crippen LogP contribution in [0.2, 0.25) is 0 Å². The van der Waals surface area contributed by atoms with Crippen molar-refractivity contribution in [3.8, 4) is 0 Å². The Morgan fingerprint density at radius 1 is 1.25 bits per heavy atom. The second kappa shape index (κ2) is 7.28. The van der Waals surface area contributed by atoms with Gasteiger partial charge in [-0.2, -0.15) is 5.10 Å². The summed E-state index contributed by atoms with van der Waals surface area (Å²) in [6.45, 7) is 4.43. The molecule has 5 nitrogen and oxygen atoms in total. The molecule has 1 aromatic carbocycles. The highest BCUT2D eigenvalue weighted by molar-refractivity contribution is 5.37. The van der Waals surface area contributed by atoms with Crippen molar-refractivity contribution >= 4 is 5.82 Å². The third kappa shape index (κ3) is 3.91. The molecule has 128 valence electrons. The number of anilines is 1. The van der Waals surface area contributed by atoms with E-state index >= 15 is 0 Å². The van der Waals surface area contributed by atoms with E-state index in [1.165, 1.54) is 0 Å². The molecule has 0 amide bonds. The standard InChI is InChI=1S/C19H26N4O/c1-19(24,16-8-4-3-5-9-16)15-22(2)17-10-7-13-23(14-17)18-11-6-12-20-21-18/h3-6,8-9,11-12,17,24H,7,10,13-15H2,1-2H3. The zero-order chi connectivity index (χ0) is 17.0. The minimum atomic E-state index is -0.856. The maximum Gasteiger partial charge on any atom is 0.151 e. The zero-order valence-corrected chi connectivity index (χ0v) is 14.5. The lowest BCUT2D eigenvalue weighted by Crippen LogP contribution is -2.50. The summed E-state index contributed by atoms with van der Waals surface area (Å²) >= 11 is 0. The molecule has 0 spiro atoms. The van der Waals surface area contributed by atoms with Crippen molar-refractivity contribution in [1.29, 1.82) is 0 Å². The van der Waals surface area contributed by atoms with Gasteiger partial charge in [0.05, 0.1) is 5.60 Å². The second-order valence-corrected chi connectivity index (χ2v) is 6.88. The first-order valence-electron chi connectivity index (χ1n) is 8.57. The van der Waals surface area contributed by atoms with E-state index in [0.29, 0.717) is 12.6 Å². The summed E-state index contributed by atoms with van der Waals surface area (Å²) in [6.07, 6.45) is 3.96. The molecule has 24 heavy (non-hydrogen) atoms. The number of likely N-dealkylation sites (N-methyl/N-ethyl adjacent to an activating group) is 1. The van der Waals surface area contributed by atoms with Gasteiger partial charge >= 0.3 is 0 Å². The lowest BCUT2D eigenvalue weighted by atomic mass is 9.94. The molecule has 1 fully saturated rings. The molecule has 2 heterocycles. The summed E-state index contributed by atoms with van der Waals surface area (Å²) in [6, 6.07) is 14.2. The van der Waals surface area contributed by atoms with Gasteiger partial charge in [0.15, 0.2) is 5.82 Å². The van der Waals surface area contributed by atoms with Crippen molar-refractivity contribution in [2.24, 2.45) is 0 Å². The molecule has 2 atom stereocenters.